The van der Waals surface area contributed by atoms with Gasteiger partial charge in [-0.2, -0.15) is 10.5 Å². The van der Waals surface area contributed by atoms with E-state index in [0.29, 0.717) is 0 Å². The van der Waals surface area contributed by atoms with Crippen molar-refractivity contribution in [3.05, 3.63) is 127 Å². The molecule has 11 nitrogen and oxygen atoms in total. The van der Waals surface area contributed by atoms with Gasteiger partial charge in [-0.1, -0.05) is 36.4 Å². The first-order valence-electron chi connectivity index (χ1n) is 13.0. The van der Waals surface area contributed by atoms with Crippen LogP contribution in [0.2, 0.25) is 0 Å². The minimum atomic E-state index is -2.25. The molecule has 0 bridgehead atoms. The molecule has 0 aromatic heterocycles. The zero-order valence-corrected chi connectivity index (χ0v) is 24.4. The molecular weight excluding hydrogens is 599 g/mol. The molecule has 13 heteroatoms. The summed E-state index contributed by atoms with van der Waals surface area (Å²) in [5.74, 6) is 0.0357. The standard InChI is InChI=1S/C30H24Cl2N4O7/c1-3-41-27-25(21-11-7-5-9-19(21)17-33)23(13-15-29(27,31)35(37)38)43-24-14-16-30(32,36(39)40)28(42-4-2)26(24)22-12-8-6-10-20(22)18-34/h5-16,27-28H,3-4H2,1-2H3. The predicted molar refractivity (Wildman–Crippen MR) is 158 cm³/mol. The van der Waals surface area contributed by atoms with Gasteiger partial charge in [0.25, 0.3) is 0 Å². The number of halogens is 2. The first-order valence-corrected chi connectivity index (χ1v) is 13.8. The Kier molecular flexibility index (Phi) is 9.34. The summed E-state index contributed by atoms with van der Waals surface area (Å²) in [5, 5.41) is 44.2. The largest absolute Gasteiger partial charge is 0.457 e. The third kappa shape index (κ3) is 5.64. The van der Waals surface area contributed by atoms with Crippen molar-refractivity contribution in [1.82, 2.24) is 0 Å². The maximum Gasteiger partial charge on any atom is 0.343 e. The molecule has 0 aliphatic heterocycles. The fourth-order valence-corrected chi connectivity index (χ4v) is 5.40. The number of ether oxygens (including phenoxy) is 3. The van der Waals surface area contributed by atoms with Crippen molar-refractivity contribution in [1.29, 1.82) is 10.5 Å². The molecule has 4 atom stereocenters. The van der Waals surface area contributed by atoms with Gasteiger partial charge < -0.3 is 14.2 Å². The van der Waals surface area contributed by atoms with Crippen LogP contribution in [0.4, 0.5) is 0 Å². The molecule has 0 saturated heterocycles. The van der Waals surface area contributed by atoms with Gasteiger partial charge in [0.1, 0.15) is 11.5 Å². The van der Waals surface area contributed by atoms with Crippen LogP contribution in [0, 0.1) is 42.9 Å². The monoisotopic (exact) mass is 622 g/mol. The summed E-state index contributed by atoms with van der Waals surface area (Å²) in [4.78, 5) is 18.5. The van der Waals surface area contributed by atoms with E-state index in [4.69, 9.17) is 37.4 Å². The Bertz CT molecular complexity index is 1550. The Morgan fingerprint density at radius 3 is 1.47 bits per heavy atom. The van der Waals surface area contributed by atoms with Crippen LogP contribution in [0.25, 0.3) is 11.1 Å². The van der Waals surface area contributed by atoms with Crippen molar-refractivity contribution < 1.29 is 24.1 Å². The van der Waals surface area contributed by atoms with Gasteiger partial charge in [-0.15, -0.1) is 0 Å². The second-order valence-electron chi connectivity index (χ2n) is 9.28. The molecule has 4 unspecified atom stereocenters. The number of allylic oxidation sites excluding steroid dienone is 2. The van der Waals surface area contributed by atoms with Crippen LogP contribution < -0.4 is 0 Å². The molecule has 2 aromatic carbocycles. The lowest BCUT2D eigenvalue weighted by Crippen LogP contribution is -2.47. The Morgan fingerprint density at radius 2 is 1.14 bits per heavy atom. The number of hydrogen-bond donors (Lipinski definition) is 0. The zero-order chi connectivity index (χ0) is 31.4. The predicted octanol–water partition coefficient (Wildman–Crippen LogP) is 5.94. The second-order valence-corrected chi connectivity index (χ2v) is 10.5. The molecule has 0 spiro atoms. The molecule has 2 aliphatic rings. The molecule has 0 amide bonds. The highest BCUT2D eigenvalue weighted by Gasteiger charge is 2.55. The first-order chi connectivity index (χ1) is 20.6. The zero-order valence-electron chi connectivity index (χ0n) is 22.9. The maximum atomic E-state index is 12.2. The van der Waals surface area contributed by atoms with Crippen LogP contribution in [0.5, 0.6) is 0 Å². The van der Waals surface area contributed by atoms with E-state index in [1.54, 1.807) is 50.2 Å². The van der Waals surface area contributed by atoms with Gasteiger partial charge in [0.2, 0.25) is 0 Å². The SMILES string of the molecule is CCOC1C(c2ccccc2C#N)=C(OC2=C(c3ccccc3C#N)C(OCC)C(Cl)([N+](=O)[O-])C=C2)C=CC1(Cl)[N+](=O)[O-]. The lowest BCUT2D eigenvalue weighted by molar-refractivity contribution is -0.537. The van der Waals surface area contributed by atoms with E-state index in [0.717, 1.165) is 12.2 Å². The summed E-state index contributed by atoms with van der Waals surface area (Å²) in [6, 6.07) is 16.9. The molecule has 4 rings (SSSR count). The normalized spacial score (nSPS) is 24.8. The number of nitrogens with zero attached hydrogens (tertiary/aromatic N) is 4. The number of rotatable bonds is 10. The van der Waals surface area contributed by atoms with Crippen LogP contribution in [0.1, 0.15) is 36.1 Å². The van der Waals surface area contributed by atoms with E-state index in [-0.39, 0.29) is 58.1 Å². The minimum Gasteiger partial charge on any atom is -0.457 e. The van der Waals surface area contributed by atoms with Crippen LogP contribution in [0.15, 0.2) is 84.4 Å². The van der Waals surface area contributed by atoms with Crippen LogP contribution in [-0.2, 0) is 14.2 Å². The Morgan fingerprint density at radius 1 is 0.767 bits per heavy atom. The highest BCUT2D eigenvalue weighted by molar-refractivity contribution is 6.26. The Balaban J connectivity index is 2.06. The lowest BCUT2D eigenvalue weighted by atomic mass is 9.86. The van der Waals surface area contributed by atoms with Crippen molar-refractivity contribution in [2.24, 2.45) is 0 Å². The molecule has 0 saturated carbocycles. The topological polar surface area (TPSA) is 162 Å². The van der Waals surface area contributed by atoms with Gasteiger partial charge in [-0.3, -0.25) is 20.2 Å². The maximum absolute atomic E-state index is 12.2. The summed E-state index contributed by atoms with van der Waals surface area (Å²) in [6.07, 6.45) is 1.97. The van der Waals surface area contributed by atoms with Crippen molar-refractivity contribution in [3.8, 4) is 12.1 Å². The van der Waals surface area contributed by atoms with Gasteiger partial charge in [0.15, 0.2) is 12.2 Å². The summed E-state index contributed by atoms with van der Waals surface area (Å²) >= 11 is 13.1. The molecule has 43 heavy (non-hydrogen) atoms. The highest BCUT2D eigenvalue weighted by atomic mass is 35.5. The first kappa shape index (κ1) is 31.4. The van der Waals surface area contributed by atoms with Gasteiger partial charge in [0.05, 0.1) is 33.1 Å². The van der Waals surface area contributed by atoms with Crippen LogP contribution in [0.3, 0.4) is 0 Å². The molecule has 0 N–H and O–H groups in total. The number of nitro groups is 2. The fourth-order valence-electron chi connectivity index (χ4n) is 4.93. The molecule has 2 aliphatic carbocycles. The molecular formula is C30H24Cl2N4O7. The average Bonchev–Trinajstić information content (AvgIpc) is 3.00. The lowest BCUT2D eigenvalue weighted by Gasteiger charge is -2.34. The average molecular weight is 623 g/mol. The number of nitriles is 2. The van der Waals surface area contributed by atoms with E-state index < -0.39 is 32.1 Å². The fraction of sp³-hybridized carbons (Fsp3) is 0.267. The second kappa shape index (κ2) is 12.8. The molecule has 220 valence electrons. The van der Waals surface area contributed by atoms with E-state index in [1.165, 1.54) is 24.3 Å². The number of hydrogen-bond acceptors (Lipinski definition) is 9. The van der Waals surface area contributed by atoms with E-state index in [9.17, 15) is 30.8 Å². The smallest absolute Gasteiger partial charge is 0.343 e. The number of benzene rings is 2. The van der Waals surface area contributed by atoms with Crippen molar-refractivity contribution >= 4 is 34.3 Å². The van der Waals surface area contributed by atoms with Crippen molar-refractivity contribution in [2.75, 3.05) is 13.2 Å². The molecule has 2 aromatic rings. The molecule has 0 fully saturated rings. The van der Waals surface area contributed by atoms with Crippen molar-refractivity contribution in [2.45, 2.75) is 36.1 Å². The molecule has 0 heterocycles. The summed E-state index contributed by atoms with van der Waals surface area (Å²) in [7, 11) is 0. The van der Waals surface area contributed by atoms with E-state index >= 15 is 0 Å². The number of alkyl halides is 2. The van der Waals surface area contributed by atoms with Gasteiger partial charge in [-0.25, -0.2) is 0 Å². The third-order valence-corrected chi connectivity index (χ3v) is 7.77. The van der Waals surface area contributed by atoms with Gasteiger partial charge in [-0.05, 0) is 61.3 Å². The van der Waals surface area contributed by atoms with E-state index in [1.807, 2.05) is 0 Å². The third-order valence-electron chi connectivity index (χ3n) is 6.85. The van der Waals surface area contributed by atoms with Gasteiger partial charge in [0, 0.05) is 47.6 Å². The van der Waals surface area contributed by atoms with Gasteiger partial charge >= 0.3 is 10.00 Å². The summed E-state index contributed by atoms with van der Waals surface area (Å²) < 4.78 is 18.1. The summed E-state index contributed by atoms with van der Waals surface area (Å²) in [5.41, 5.74) is 1.09. The highest BCUT2D eigenvalue weighted by Crippen LogP contribution is 2.46. The summed E-state index contributed by atoms with van der Waals surface area (Å²) in [6.45, 7) is 3.33. The minimum absolute atomic E-state index is 0.0179. The quantitative estimate of drug-likeness (QED) is 0.135. The Hall–Kier alpha value is -4.52. The van der Waals surface area contributed by atoms with Crippen LogP contribution >= 0.6 is 23.2 Å². The van der Waals surface area contributed by atoms with Crippen LogP contribution in [-0.4, -0.2) is 45.3 Å². The Labute approximate surface area is 256 Å². The van der Waals surface area contributed by atoms with Crippen molar-refractivity contribution in [3.63, 3.8) is 0 Å². The molecule has 0 radical (unpaired) electrons. The van der Waals surface area contributed by atoms with E-state index in [2.05, 4.69) is 12.1 Å².